The minimum Gasteiger partial charge on any atom is -0.351 e. The molecule has 0 bridgehead atoms. The number of sulfonamides is 1. The molecule has 3 amide bonds. The number of hydrogen-bond donors (Lipinski definition) is 1. The van der Waals surface area contributed by atoms with Gasteiger partial charge in [-0.1, -0.05) is 23.7 Å². The molecule has 2 aromatic heterocycles. The molecule has 4 heterocycles. The number of thiazole rings is 1. The summed E-state index contributed by atoms with van der Waals surface area (Å²) in [6.45, 7) is 1.99. The van der Waals surface area contributed by atoms with Gasteiger partial charge in [0.2, 0.25) is 0 Å². The van der Waals surface area contributed by atoms with Crippen molar-refractivity contribution in [3.63, 3.8) is 0 Å². The van der Waals surface area contributed by atoms with Gasteiger partial charge in [0.15, 0.2) is 5.01 Å². The van der Waals surface area contributed by atoms with Crippen molar-refractivity contribution in [3.05, 3.63) is 51.4 Å². The highest BCUT2D eigenvalue weighted by molar-refractivity contribution is 7.91. The Morgan fingerprint density at radius 1 is 1.03 bits per heavy atom. The van der Waals surface area contributed by atoms with Gasteiger partial charge in [0, 0.05) is 55.2 Å². The van der Waals surface area contributed by atoms with Crippen LogP contribution < -0.4 is 5.73 Å². The SMILES string of the molecule is NC(=O)N1CC=C(c2cnc(C(=O)N3CCN(S(=O)(=O)c4cc5ccc(Cl)cc5s4)CC3)s2)CC1. The van der Waals surface area contributed by atoms with Gasteiger partial charge in [-0.05, 0) is 35.6 Å². The average molecular weight is 552 g/mol. The van der Waals surface area contributed by atoms with Crippen LogP contribution in [0, 0.1) is 0 Å². The third-order valence-electron chi connectivity index (χ3n) is 6.11. The normalized spacial score (nSPS) is 17.6. The monoisotopic (exact) mass is 551 g/mol. The molecule has 2 aliphatic rings. The first-order valence-electron chi connectivity index (χ1n) is 10.9. The molecule has 35 heavy (non-hydrogen) atoms. The number of thiophene rings is 1. The number of nitrogens with two attached hydrogens (primary N) is 1. The molecule has 1 aromatic carbocycles. The second kappa shape index (κ2) is 9.51. The molecular weight excluding hydrogens is 530 g/mol. The van der Waals surface area contributed by atoms with E-state index in [4.69, 9.17) is 17.3 Å². The number of rotatable bonds is 4. The van der Waals surface area contributed by atoms with Gasteiger partial charge in [-0.2, -0.15) is 4.31 Å². The van der Waals surface area contributed by atoms with Crippen LogP contribution in [0.5, 0.6) is 0 Å². The fourth-order valence-electron chi connectivity index (χ4n) is 4.12. The van der Waals surface area contributed by atoms with E-state index in [0.717, 1.165) is 20.5 Å². The number of hydrogen-bond acceptors (Lipinski definition) is 7. The zero-order valence-corrected chi connectivity index (χ0v) is 21.7. The van der Waals surface area contributed by atoms with E-state index >= 15 is 0 Å². The molecule has 0 unspecified atom stereocenters. The maximum Gasteiger partial charge on any atom is 0.315 e. The van der Waals surface area contributed by atoms with Crippen LogP contribution >= 0.6 is 34.3 Å². The summed E-state index contributed by atoms with van der Waals surface area (Å²) in [5.41, 5.74) is 6.36. The topological polar surface area (TPSA) is 117 Å². The van der Waals surface area contributed by atoms with E-state index in [1.807, 2.05) is 12.1 Å². The third kappa shape index (κ3) is 4.81. The molecule has 0 saturated carbocycles. The first-order chi connectivity index (χ1) is 16.7. The minimum atomic E-state index is -3.66. The Labute approximate surface area is 215 Å². The highest BCUT2D eigenvalue weighted by Crippen LogP contribution is 2.33. The fourth-order valence-corrected chi connectivity index (χ4v) is 8.32. The predicted octanol–water partition coefficient (Wildman–Crippen LogP) is 3.33. The van der Waals surface area contributed by atoms with Crippen molar-refractivity contribution < 1.29 is 18.0 Å². The summed E-state index contributed by atoms with van der Waals surface area (Å²) < 4.78 is 28.9. The lowest BCUT2D eigenvalue weighted by Gasteiger charge is -2.33. The maximum atomic E-state index is 13.2. The van der Waals surface area contributed by atoms with E-state index in [9.17, 15) is 18.0 Å². The van der Waals surface area contributed by atoms with Crippen molar-refractivity contribution in [1.82, 2.24) is 19.1 Å². The molecule has 184 valence electrons. The highest BCUT2D eigenvalue weighted by Gasteiger charge is 2.32. The minimum absolute atomic E-state index is 0.204. The third-order valence-corrected chi connectivity index (χ3v) is 10.8. The van der Waals surface area contributed by atoms with Gasteiger partial charge in [-0.25, -0.2) is 18.2 Å². The van der Waals surface area contributed by atoms with Gasteiger partial charge in [-0.3, -0.25) is 4.79 Å². The first-order valence-corrected chi connectivity index (χ1v) is 14.4. The molecule has 2 aliphatic heterocycles. The van der Waals surface area contributed by atoms with Crippen LogP contribution in [0.1, 0.15) is 21.1 Å². The second-order valence-electron chi connectivity index (χ2n) is 8.24. The second-order valence-corrected chi connectivity index (χ2v) is 13.0. The number of piperazine rings is 1. The van der Waals surface area contributed by atoms with Gasteiger partial charge >= 0.3 is 6.03 Å². The number of halogens is 1. The number of nitrogens with zero attached hydrogens (tertiary/aromatic N) is 4. The van der Waals surface area contributed by atoms with E-state index in [0.29, 0.717) is 42.6 Å². The van der Waals surface area contributed by atoms with Crippen molar-refractivity contribution in [2.45, 2.75) is 10.6 Å². The van der Waals surface area contributed by atoms with Crippen LogP contribution in [-0.2, 0) is 10.0 Å². The standard InChI is InChI=1S/C22H22ClN5O4S3/c23-16-2-1-15-11-19(33-17(15)12-16)35(31,32)28-9-7-26(8-10-28)21(29)20-25-13-18(34-20)14-3-5-27(6-4-14)22(24)30/h1-3,11-13H,4-10H2,(H2,24,30). The van der Waals surface area contributed by atoms with Crippen LogP contribution in [0.25, 0.3) is 15.7 Å². The molecule has 0 spiro atoms. The lowest BCUT2D eigenvalue weighted by atomic mass is 10.1. The molecule has 0 atom stereocenters. The van der Waals surface area contributed by atoms with E-state index in [2.05, 4.69) is 4.98 Å². The number of fused-ring (bicyclic) bond motifs is 1. The van der Waals surface area contributed by atoms with Crippen molar-refractivity contribution in [2.24, 2.45) is 5.73 Å². The number of aromatic nitrogens is 1. The molecule has 13 heteroatoms. The summed E-state index contributed by atoms with van der Waals surface area (Å²) in [6.07, 6.45) is 4.26. The Hall–Kier alpha value is -2.51. The Morgan fingerprint density at radius 2 is 1.80 bits per heavy atom. The molecule has 0 radical (unpaired) electrons. The van der Waals surface area contributed by atoms with E-state index in [1.54, 1.807) is 34.2 Å². The first kappa shape index (κ1) is 24.2. The molecule has 5 rings (SSSR count). The van der Waals surface area contributed by atoms with E-state index in [-0.39, 0.29) is 23.2 Å². The zero-order valence-electron chi connectivity index (χ0n) is 18.5. The van der Waals surface area contributed by atoms with Gasteiger partial charge in [0.1, 0.15) is 4.21 Å². The average Bonchev–Trinajstić information content (AvgIpc) is 3.51. The lowest BCUT2D eigenvalue weighted by molar-refractivity contribution is 0.0697. The maximum absolute atomic E-state index is 13.2. The fraction of sp³-hybridized carbons (Fsp3) is 0.318. The summed E-state index contributed by atoms with van der Waals surface area (Å²) in [6, 6.07) is 6.53. The number of urea groups is 1. The van der Waals surface area contributed by atoms with Gasteiger partial charge in [0.25, 0.3) is 15.9 Å². The van der Waals surface area contributed by atoms with E-state index in [1.165, 1.54) is 27.0 Å². The van der Waals surface area contributed by atoms with Crippen LogP contribution in [0.3, 0.4) is 0 Å². The van der Waals surface area contributed by atoms with E-state index < -0.39 is 16.1 Å². The quantitative estimate of drug-likeness (QED) is 0.534. The Morgan fingerprint density at radius 3 is 2.49 bits per heavy atom. The summed E-state index contributed by atoms with van der Waals surface area (Å²) in [5, 5.41) is 1.77. The van der Waals surface area contributed by atoms with Crippen molar-refractivity contribution in [1.29, 1.82) is 0 Å². The Balaban J connectivity index is 1.23. The number of primary amides is 1. The molecule has 1 fully saturated rings. The smallest absolute Gasteiger partial charge is 0.315 e. The number of benzene rings is 1. The molecular formula is C22H22ClN5O4S3. The summed E-state index contributed by atoms with van der Waals surface area (Å²) >= 11 is 8.54. The zero-order chi connectivity index (χ0) is 24.7. The van der Waals surface area contributed by atoms with Gasteiger partial charge < -0.3 is 15.5 Å². The molecule has 3 aromatic rings. The number of carbonyl (C=O) groups is 2. The highest BCUT2D eigenvalue weighted by atomic mass is 35.5. The number of carbonyl (C=O) groups excluding carboxylic acids is 2. The van der Waals surface area contributed by atoms with Gasteiger partial charge in [-0.15, -0.1) is 22.7 Å². The summed E-state index contributed by atoms with van der Waals surface area (Å²) in [4.78, 5) is 32.7. The Kier molecular flexibility index (Phi) is 6.57. The summed E-state index contributed by atoms with van der Waals surface area (Å²) in [5.74, 6) is -0.204. The van der Waals surface area contributed by atoms with Crippen molar-refractivity contribution >= 4 is 71.9 Å². The van der Waals surface area contributed by atoms with Crippen LogP contribution in [0.15, 0.2) is 40.7 Å². The summed E-state index contributed by atoms with van der Waals surface area (Å²) in [7, 11) is -3.66. The van der Waals surface area contributed by atoms with Crippen LogP contribution in [0.4, 0.5) is 4.79 Å². The number of amides is 3. The Bertz CT molecular complexity index is 1440. The van der Waals surface area contributed by atoms with Crippen molar-refractivity contribution in [3.8, 4) is 0 Å². The molecule has 1 saturated heterocycles. The van der Waals surface area contributed by atoms with Gasteiger partial charge in [0.05, 0.1) is 4.88 Å². The van der Waals surface area contributed by atoms with Crippen molar-refractivity contribution in [2.75, 3.05) is 39.3 Å². The van der Waals surface area contributed by atoms with Crippen LogP contribution in [-0.4, -0.2) is 78.7 Å². The largest absolute Gasteiger partial charge is 0.351 e. The van der Waals surface area contributed by atoms with Crippen LogP contribution in [0.2, 0.25) is 5.02 Å². The molecule has 0 aliphatic carbocycles. The lowest BCUT2D eigenvalue weighted by Crippen LogP contribution is -2.50. The molecule has 9 nitrogen and oxygen atoms in total. The molecule has 2 N–H and O–H groups in total. The predicted molar refractivity (Wildman–Crippen MR) is 137 cm³/mol.